The van der Waals surface area contributed by atoms with Gasteiger partial charge in [0.25, 0.3) is 0 Å². The van der Waals surface area contributed by atoms with Crippen molar-refractivity contribution in [3.05, 3.63) is 64.4 Å². The Bertz CT molecular complexity index is 1100. The van der Waals surface area contributed by atoms with Gasteiger partial charge in [0.1, 0.15) is 17.3 Å². The number of carbonyl (C=O) groups is 1. The van der Waals surface area contributed by atoms with E-state index in [1.165, 1.54) is 6.07 Å². The molecule has 33 heavy (non-hydrogen) atoms. The third kappa shape index (κ3) is 4.78. The summed E-state index contributed by atoms with van der Waals surface area (Å²) in [6.07, 6.45) is -1.83. The van der Waals surface area contributed by atoms with E-state index in [2.05, 4.69) is 0 Å². The molecule has 1 aliphatic heterocycles. The summed E-state index contributed by atoms with van der Waals surface area (Å²) in [5.74, 6) is -0.251. The molecule has 1 aliphatic carbocycles. The van der Waals surface area contributed by atoms with E-state index in [-0.39, 0.29) is 34.0 Å². The molecule has 2 aromatic carbocycles. The highest BCUT2D eigenvalue weighted by molar-refractivity contribution is 6.22. The van der Waals surface area contributed by atoms with Crippen LogP contribution in [0, 0.1) is 12.3 Å². The Morgan fingerprint density at radius 1 is 1.09 bits per heavy atom. The molecule has 2 aliphatic rings. The molecule has 0 atom stereocenters. The summed E-state index contributed by atoms with van der Waals surface area (Å²) in [5.41, 5.74) is 0.907. The van der Waals surface area contributed by atoms with E-state index in [1.807, 2.05) is 6.92 Å². The highest BCUT2D eigenvalue weighted by atomic mass is 19.4. The van der Waals surface area contributed by atoms with Gasteiger partial charge in [-0.3, -0.25) is 4.79 Å². The Hall–Kier alpha value is -2.80. The van der Waals surface area contributed by atoms with Crippen LogP contribution in [0.25, 0.3) is 5.57 Å². The number of ketones is 1. The van der Waals surface area contributed by atoms with E-state index < -0.39 is 11.7 Å². The lowest BCUT2D eigenvalue weighted by Crippen LogP contribution is -2.36. The van der Waals surface area contributed by atoms with Gasteiger partial charge in [-0.05, 0) is 67.0 Å². The molecule has 0 amide bonds. The average Bonchev–Trinajstić information content (AvgIpc) is 2.74. The normalized spacial score (nSPS) is 18.6. The zero-order valence-corrected chi connectivity index (χ0v) is 18.7. The molecule has 1 fully saturated rings. The molecule has 1 spiro atoms. The van der Waals surface area contributed by atoms with Crippen LogP contribution in [0.15, 0.2) is 42.2 Å². The second-order valence-electron chi connectivity index (χ2n) is 8.98. The second kappa shape index (κ2) is 8.86. The molecular formula is C26H27F3O4. The van der Waals surface area contributed by atoms with Gasteiger partial charge in [0.05, 0.1) is 11.1 Å². The summed E-state index contributed by atoms with van der Waals surface area (Å²) in [7, 11) is 0. The third-order valence-corrected chi connectivity index (χ3v) is 6.60. The number of allylic oxidation sites excluding steroid dienone is 2. The number of benzene rings is 2. The van der Waals surface area contributed by atoms with E-state index in [1.54, 1.807) is 31.2 Å². The number of carbonyl (C=O) groups excluding carboxylic acids is 1. The maximum absolute atomic E-state index is 13.5. The van der Waals surface area contributed by atoms with Crippen LogP contribution in [0.1, 0.15) is 54.9 Å². The first kappa shape index (κ1) is 23.4. The minimum Gasteiger partial charge on any atom is -0.512 e. The Morgan fingerprint density at radius 2 is 1.82 bits per heavy atom. The SMILES string of the molecule is CCc1ccc(Oc2ccc(C)cc2C(F)(F)F)cc1C1=C(O)CC2(CCOCC2)CC1=O. The molecule has 1 heterocycles. The Morgan fingerprint density at radius 3 is 2.45 bits per heavy atom. The first-order valence-electron chi connectivity index (χ1n) is 11.1. The van der Waals surface area contributed by atoms with Gasteiger partial charge in [-0.2, -0.15) is 13.2 Å². The summed E-state index contributed by atoms with van der Waals surface area (Å²) in [5, 5.41) is 10.9. The second-order valence-corrected chi connectivity index (χ2v) is 8.98. The predicted octanol–water partition coefficient (Wildman–Crippen LogP) is 6.80. The number of alkyl halides is 3. The number of ether oxygens (including phenoxy) is 2. The number of aliphatic hydroxyl groups excluding tert-OH is 1. The first-order chi connectivity index (χ1) is 15.6. The summed E-state index contributed by atoms with van der Waals surface area (Å²) in [4.78, 5) is 13.2. The molecule has 7 heteroatoms. The van der Waals surface area contributed by atoms with Gasteiger partial charge >= 0.3 is 6.18 Å². The van der Waals surface area contributed by atoms with Crippen molar-refractivity contribution in [1.29, 1.82) is 0 Å². The standard InChI is InChI=1S/C26H27F3O4/c1-3-17-5-6-18(33-23-7-4-16(2)12-20(23)26(27,28)29)13-19(17)24-21(30)14-25(15-22(24)31)8-10-32-11-9-25/h4-7,12-13,30H,3,8-11,14-15H2,1-2H3. The number of rotatable bonds is 4. The van der Waals surface area contributed by atoms with Crippen molar-refractivity contribution in [1.82, 2.24) is 0 Å². The maximum atomic E-state index is 13.5. The van der Waals surface area contributed by atoms with Gasteiger partial charge in [0, 0.05) is 26.1 Å². The molecule has 0 saturated carbocycles. The van der Waals surface area contributed by atoms with E-state index in [4.69, 9.17) is 9.47 Å². The molecule has 1 N–H and O–H groups in total. The average molecular weight is 460 g/mol. The molecule has 4 nitrogen and oxygen atoms in total. The van der Waals surface area contributed by atoms with Crippen molar-refractivity contribution in [2.75, 3.05) is 13.2 Å². The van der Waals surface area contributed by atoms with Gasteiger partial charge < -0.3 is 14.6 Å². The number of aliphatic hydroxyl groups is 1. The van der Waals surface area contributed by atoms with E-state index in [0.29, 0.717) is 56.4 Å². The number of aryl methyl sites for hydroxylation is 2. The first-order valence-corrected chi connectivity index (χ1v) is 11.1. The quantitative estimate of drug-likeness (QED) is 0.545. The topological polar surface area (TPSA) is 55.8 Å². The minimum absolute atomic E-state index is 0.0336. The largest absolute Gasteiger partial charge is 0.512 e. The number of hydrogen-bond donors (Lipinski definition) is 1. The fourth-order valence-corrected chi connectivity index (χ4v) is 4.80. The van der Waals surface area contributed by atoms with Crippen molar-refractivity contribution < 1.29 is 32.5 Å². The van der Waals surface area contributed by atoms with Gasteiger partial charge in [-0.1, -0.05) is 24.6 Å². The molecule has 0 aromatic heterocycles. The molecule has 0 bridgehead atoms. The van der Waals surface area contributed by atoms with Crippen molar-refractivity contribution in [2.45, 2.75) is 52.1 Å². The monoisotopic (exact) mass is 460 g/mol. The number of Topliss-reactive ketones (excluding diaryl/α,β-unsaturated/α-hetero) is 1. The minimum atomic E-state index is -4.56. The van der Waals surface area contributed by atoms with Crippen LogP contribution < -0.4 is 4.74 Å². The summed E-state index contributed by atoms with van der Waals surface area (Å²) in [6.45, 7) is 4.64. The van der Waals surface area contributed by atoms with Crippen LogP contribution in [0.2, 0.25) is 0 Å². The van der Waals surface area contributed by atoms with Gasteiger partial charge in [0.15, 0.2) is 5.78 Å². The van der Waals surface area contributed by atoms with Crippen LogP contribution in [0.5, 0.6) is 11.5 Å². The van der Waals surface area contributed by atoms with Crippen LogP contribution in [-0.4, -0.2) is 24.1 Å². The summed E-state index contributed by atoms with van der Waals surface area (Å²) in [6, 6.07) is 8.78. The van der Waals surface area contributed by atoms with Crippen LogP contribution >= 0.6 is 0 Å². The predicted molar refractivity (Wildman–Crippen MR) is 118 cm³/mol. The lowest BCUT2D eigenvalue weighted by Gasteiger charge is -2.39. The molecule has 2 aromatic rings. The smallest absolute Gasteiger partial charge is 0.419 e. The maximum Gasteiger partial charge on any atom is 0.419 e. The fourth-order valence-electron chi connectivity index (χ4n) is 4.80. The van der Waals surface area contributed by atoms with Gasteiger partial charge in [-0.15, -0.1) is 0 Å². The van der Waals surface area contributed by atoms with Crippen LogP contribution in [0.4, 0.5) is 13.2 Å². The van der Waals surface area contributed by atoms with Crippen molar-refractivity contribution in [3.63, 3.8) is 0 Å². The van der Waals surface area contributed by atoms with E-state index in [9.17, 15) is 23.1 Å². The van der Waals surface area contributed by atoms with Crippen molar-refractivity contribution in [2.24, 2.45) is 5.41 Å². The lowest BCUT2D eigenvalue weighted by atomic mass is 9.67. The molecule has 176 valence electrons. The molecule has 0 unspecified atom stereocenters. The molecule has 4 rings (SSSR count). The number of halogens is 3. The van der Waals surface area contributed by atoms with Gasteiger partial charge in [-0.25, -0.2) is 0 Å². The lowest BCUT2D eigenvalue weighted by molar-refractivity contribution is -0.138. The zero-order valence-electron chi connectivity index (χ0n) is 18.7. The Labute approximate surface area is 191 Å². The van der Waals surface area contributed by atoms with E-state index >= 15 is 0 Å². The van der Waals surface area contributed by atoms with Crippen LogP contribution in [-0.2, 0) is 22.1 Å². The Balaban J connectivity index is 1.72. The molecule has 1 saturated heterocycles. The molecular weight excluding hydrogens is 433 g/mol. The highest BCUT2D eigenvalue weighted by Crippen LogP contribution is 2.47. The van der Waals surface area contributed by atoms with E-state index in [0.717, 1.165) is 11.6 Å². The zero-order chi connectivity index (χ0) is 23.8. The van der Waals surface area contributed by atoms with Crippen LogP contribution in [0.3, 0.4) is 0 Å². The Kier molecular flexibility index (Phi) is 6.27. The van der Waals surface area contributed by atoms with Gasteiger partial charge in [0.2, 0.25) is 0 Å². The summed E-state index contributed by atoms with van der Waals surface area (Å²) >= 11 is 0. The van der Waals surface area contributed by atoms with Crippen molar-refractivity contribution >= 4 is 11.4 Å². The third-order valence-electron chi connectivity index (χ3n) is 6.60. The fraction of sp³-hybridized carbons (Fsp3) is 0.423. The summed E-state index contributed by atoms with van der Waals surface area (Å²) < 4.78 is 51.6. The molecule has 0 radical (unpaired) electrons. The van der Waals surface area contributed by atoms with Crippen molar-refractivity contribution in [3.8, 4) is 11.5 Å². The number of hydrogen-bond acceptors (Lipinski definition) is 4. The highest BCUT2D eigenvalue weighted by Gasteiger charge is 2.42.